The van der Waals surface area contributed by atoms with Crippen LogP contribution in [0, 0.1) is 5.82 Å². The molecule has 2 unspecified atom stereocenters. The zero-order valence-electron chi connectivity index (χ0n) is 28.0. The van der Waals surface area contributed by atoms with E-state index in [0.717, 1.165) is 9.87 Å². The number of para-hydroxylation sites is 1. The maximum Gasteiger partial charge on any atom is 0.264 e. The Morgan fingerprint density at radius 3 is 1.94 bits per heavy atom. The molecule has 0 fully saturated rings. The zero-order valence-corrected chi connectivity index (χ0v) is 28.8. The van der Waals surface area contributed by atoms with Gasteiger partial charge in [-0.15, -0.1) is 0 Å². The Kier molecular flexibility index (Phi) is 12.0. The van der Waals surface area contributed by atoms with E-state index in [1.807, 2.05) is 62.4 Å². The van der Waals surface area contributed by atoms with E-state index in [0.29, 0.717) is 17.9 Å². The van der Waals surface area contributed by atoms with Gasteiger partial charge in [-0.3, -0.25) is 13.9 Å². The molecule has 0 aliphatic heterocycles. The molecule has 0 aromatic heterocycles. The third-order valence-electron chi connectivity index (χ3n) is 8.28. The van der Waals surface area contributed by atoms with E-state index in [4.69, 9.17) is 4.74 Å². The van der Waals surface area contributed by atoms with E-state index in [-0.39, 0.29) is 35.2 Å². The lowest BCUT2D eigenvalue weighted by molar-refractivity contribution is -0.140. The van der Waals surface area contributed by atoms with Gasteiger partial charge in [0.05, 0.1) is 10.6 Å². The Labute approximate surface area is 293 Å². The molecule has 0 saturated heterocycles. The largest absolute Gasteiger partial charge is 0.457 e. The molecule has 0 aliphatic rings. The van der Waals surface area contributed by atoms with Gasteiger partial charge in [0.25, 0.3) is 10.0 Å². The van der Waals surface area contributed by atoms with E-state index in [1.165, 1.54) is 23.1 Å². The molecule has 50 heavy (non-hydrogen) atoms. The number of carbonyl (C=O) groups is 2. The van der Waals surface area contributed by atoms with E-state index in [2.05, 4.69) is 5.32 Å². The number of nitrogens with zero attached hydrogens (tertiary/aromatic N) is 2. The summed E-state index contributed by atoms with van der Waals surface area (Å²) in [6.07, 6.45) is 0.776. The van der Waals surface area contributed by atoms with E-state index >= 15 is 4.39 Å². The predicted octanol–water partition coefficient (Wildman–Crippen LogP) is 7.37. The highest BCUT2D eigenvalue weighted by atomic mass is 32.2. The molecule has 8 nitrogen and oxygen atoms in total. The number of rotatable bonds is 15. The maximum absolute atomic E-state index is 15.1. The first kappa shape index (κ1) is 35.8. The molecule has 10 heteroatoms. The van der Waals surface area contributed by atoms with Crippen molar-refractivity contribution >= 4 is 27.5 Å². The fourth-order valence-electron chi connectivity index (χ4n) is 5.36. The molecule has 0 bridgehead atoms. The summed E-state index contributed by atoms with van der Waals surface area (Å²) >= 11 is 0. The van der Waals surface area contributed by atoms with Gasteiger partial charge < -0.3 is 15.0 Å². The van der Waals surface area contributed by atoms with Crippen LogP contribution in [0.25, 0.3) is 0 Å². The summed E-state index contributed by atoms with van der Waals surface area (Å²) in [5.74, 6) is -0.582. The topological polar surface area (TPSA) is 96.0 Å². The summed E-state index contributed by atoms with van der Waals surface area (Å²) in [6.45, 7) is 2.87. The molecule has 2 atom stereocenters. The first-order valence-corrected chi connectivity index (χ1v) is 17.9. The van der Waals surface area contributed by atoms with Crippen molar-refractivity contribution < 1.29 is 27.1 Å². The van der Waals surface area contributed by atoms with Crippen molar-refractivity contribution in [2.75, 3.05) is 10.8 Å². The number of hydrogen-bond donors (Lipinski definition) is 1. The van der Waals surface area contributed by atoms with Gasteiger partial charge >= 0.3 is 0 Å². The highest BCUT2D eigenvalue weighted by Crippen LogP contribution is 2.29. The third kappa shape index (κ3) is 9.15. The lowest BCUT2D eigenvalue weighted by atomic mass is 10.0. The van der Waals surface area contributed by atoms with Gasteiger partial charge in [0.1, 0.15) is 29.9 Å². The molecule has 0 aliphatic carbocycles. The minimum absolute atomic E-state index is 0.0200. The highest BCUT2D eigenvalue weighted by molar-refractivity contribution is 7.92. The number of halogens is 1. The van der Waals surface area contributed by atoms with Gasteiger partial charge in [0, 0.05) is 24.6 Å². The molecule has 258 valence electrons. The van der Waals surface area contributed by atoms with Gasteiger partial charge in [0.15, 0.2) is 0 Å². The molecule has 1 N–H and O–H groups in total. The van der Waals surface area contributed by atoms with Crippen molar-refractivity contribution in [2.24, 2.45) is 0 Å². The molecule has 0 heterocycles. The number of amides is 2. The number of carbonyl (C=O) groups excluding carboxylic acids is 2. The standard InChI is InChI=1S/C40H40FN3O5S/c1-3-30(2)42-40(46)38(27-31-15-7-4-8-16-31)43(28-32-17-13-14-22-37(32)41)39(45)29-44(50(47,48)36-20-11-6-12-21-36)33-23-25-35(26-24-33)49-34-18-9-5-10-19-34/h4-26,30,38H,3,27-29H2,1-2H3,(H,42,46). The number of nitrogens with one attached hydrogen (secondary N) is 1. The summed E-state index contributed by atoms with van der Waals surface area (Å²) < 4.78 is 50.6. The van der Waals surface area contributed by atoms with Crippen molar-refractivity contribution in [3.05, 3.63) is 156 Å². The van der Waals surface area contributed by atoms with Crippen LogP contribution in [-0.4, -0.2) is 43.8 Å². The number of ether oxygens (including phenoxy) is 1. The quantitative estimate of drug-likeness (QED) is 0.124. The Hall–Kier alpha value is -5.48. The second-order valence-electron chi connectivity index (χ2n) is 11.9. The summed E-state index contributed by atoms with van der Waals surface area (Å²) in [5, 5.41) is 2.98. The van der Waals surface area contributed by atoms with Gasteiger partial charge in [0.2, 0.25) is 11.8 Å². The summed E-state index contributed by atoms with van der Waals surface area (Å²) in [5.41, 5.74) is 1.18. The van der Waals surface area contributed by atoms with Crippen LogP contribution in [0.5, 0.6) is 11.5 Å². The van der Waals surface area contributed by atoms with Crippen LogP contribution in [0.15, 0.2) is 144 Å². The number of sulfonamides is 1. The first-order valence-electron chi connectivity index (χ1n) is 16.4. The molecule has 0 spiro atoms. The SMILES string of the molecule is CCC(C)NC(=O)C(Cc1ccccc1)N(Cc1ccccc1F)C(=O)CN(c1ccc(Oc2ccccc2)cc1)S(=O)(=O)c1ccccc1. The molecule has 5 rings (SSSR count). The summed E-state index contributed by atoms with van der Waals surface area (Å²) in [6, 6.07) is 37.3. The van der Waals surface area contributed by atoms with Crippen LogP contribution < -0.4 is 14.4 Å². The lowest BCUT2D eigenvalue weighted by Crippen LogP contribution is -2.54. The first-order chi connectivity index (χ1) is 24.2. The Balaban J connectivity index is 1.56. The fourth-order valence-corrected chi connectivity index (χ4v) is 6.79. The minimum Gasteiger partial charge on any atom is -0.457 e. The van der Waals surface area contributed by atoms with Crippen molar-refractivity contribution in [2.45, 2.75) is 50.2 Å². The van der Waals surface area contributed by atoms with Crippen LogP contribution >= 0.6 is 0 Å². The molecule has 5 aromatic carbocycles. The smallest absolute Gasteiger partial charge is 0.264 e. The normalized spacial score (nSPS) is 12.4. The van der Waals surface area contributed by atoms with E-state index in [9.17, 15) is 18.0 Å². The van der Waals surface area contributed by atoms with E-state index in [1.54, 1.807) is 72.8 Å². The Morgan fingerprint density at radius 1 is 0.760 bits per heavy atom. The zero-order chi connectivity index (χ0) is 35.5. The molecule has 2 amide bonds. The van der Waals surface area contributed by atoms with Crippen LogP contribution in [0.4, 0.5) is 10.1 Å². The van der Waals surface area contributed by atoms with Crippen molar-refractivity contribution in [3.8, 4) is 11.5 Å². The van der Waals surface area contributed by atoms with Crippen molar-refractivity contribution in [3.63, 3.8) is 0 Å². The van der Waals surface area contributed by atoms with Gasteiger partial charge in [-0.1, -0.05) is 91.9 Å². The second-order valence-corrected chi connectivity index (χ2v) is 13.7. The average molecular weight is 694 g/mol. The molecular formula is C40H40FN3O5S. The lowest BCUT2D eigenvalue weighted by Gasteiger charge is -2.34. The molecule has 0 radical (unpaired) electrons. The van der Waals surface area contributed by atoms with Crippen molar-refractivity contribution in [1.29, 1.82) is 0 Å². The molecular weight excluding hydrogens is 654 g/mol. The maximum atomic E-state index is 15.1. The monoisotopic (exact) mass is 693 g/mol. The van der Waals surface area contributed by atoms with Gasteiger partial charge in [-0.2, -0.15) is 0 Å². The third-order valence-corrected chi connectivity index (χ3v) is 10.1. The highest BCUT2D eigenvalue weighted by Gasteiger charge is 2.35. The second kappa shape index (κ2) is 16.8. The number of anilines is 1. The predicted molar refractivity (Wildman–Crippen MR) is 193 cm³/mol. The minimum atomic E-state index is -4.29. The van der Waals surface area contributed by atoms with Crippen LogP contribution in [0.1, 0.15) is 31.4 Å². The van der Waals surface area contributed by atoms with Gasteiger partial charge in [-0.25, -0.2) is 12.8 Å². The number of hydrogen-bond acceptors (Lipinski definition) is 5. The van der Waals surface area contributed by atoms with Crippen LogP contribution in [0.3, 0.4) is 0 Å². The van der Waals surface area contributed by atoms with Gasteiger partial charge in [-0.05, 0) is 73.5 Å². The molecule has 0 saturated carbocycles. The summed E-state index contributed by atoms with van der Waals surface area (Å²) in [4.78, 5) is 29.8. The van der Waals surface area contributed by atoms with Crippen LogP contribution in [-0.2, 0) is 32.6 Å². The average Bonchev–Trinajstić information content (AvgIpc) is 3.14. The number of benzene rings is 5. The summed E-state index contributed by atoms with van der Waals surface area (Å²) in [7, 11) is -4.29. The van der Waals surface area contributed by atoms with E-state index < -0.39 is 40.2 Å². The Bertz CT molecular complexity index is 1960. The van der Waals surface area contributed by atoms with Crippen LogP contribution in [0.2, 0.25) is 0 Å². The molecule has 5 aromatic rings. The Morgan fingerprint density at radius 2 is 1.32 bits per heavy atom. The fraction of sp³-hybridized carbons (Fsp3) is 0.200. The van der Waals surface area contributed by atoms with Crippen molar-refractivity contribution in [1.82, 2.24) is 10.2 Å².